The third kappa shape index (κ3) is 2.86. The van der Waals surface area contributed by atoms with E-state index in [1.54, 1.807) is 5.38 Å². The Balaban J connectivity index is 2.46. The van der Waals surface area contributed by atoms with Crippen molar-refractivity contribution in [1.29, 1.82) is 0 Å². The maximum Gasteiger partial charge on any atom is 0.289 e. The van der Waals surface area contributed by atoms with Crippen LogP contribution in [0, 0.1) is 10.1 Å². The Morgan fingerprint density at radius 1 is 1.26 bits per heavy atom. The fourth-order valence-corrected chi connectivity index (χ4v) is 3.60. The van der Waals surface area contributed by atoms with Gasteiger partial charge in [0.05, 0.1) is 10.6 Å². The monoisotopic (exact) mass is 318 g/mol. The Kier molecular flexibility index (Phi) is 3.74. The summed E-state index contributed by atoms with van der Waals surface area (Å²) >= 11 is 6.95. The van der Waals surface area contributed by atoms with Gasteiger partial charge in [0.2, 0.25) is 0 Å². The van der Waals surface area contributed by atoms with E-state index in [4.69, 9.17) is 11.6 Å². The van der Waals surface area contributed by atoms with Crippen LogP contribution in [0.2, 0.25) is 4.34 Å². The van der Waals surface area contributed by atoms with Crippen LogP contribution in [-0.2, 0) is 10.0 Å². The molecule has 100 valence electrons. The van der Waals surface area contributed by atoms with Crippen molar-refractivity contribution in [3.05, 3.63) is 50.2 Å². The first kappa shape index (κ1) is 13.8. The van der Waals surface area contributed by atoms with Crippen molar-refractivity contribution in [2.75, 3.05) is 4.72 Å². The summed E-state index contributed by atoms with van der Waals surface area (Å²) in [7, 11) is -4.05. The lowest BCUT2D eigenvalue weighted by molar-refractivity contribution is -0.387. The van der Waals surface area contributed by atoms with E-state index >= 15 is 0 Å². The highest BCUT2D eigenvalue weighted by atomic mass is 35.5. The summed E-state index contributed by atoms with van der Waals surface area (Å²) in [5.74, 6) is 0. The molecule has 1 aromatic carbocycles. The highest BCUT2D eigenvalue weighted by Crippen LogP contribution is 2.31. The van der Waals surface area contributed by atoms with E-state index in [9.17, 15) is 18.5 Å². The fraction of sp³-hybridized carbons (Fsp3) is 0. The molecule has 1 aromatic heterocycles. The minimum atomic E-state index is -4.05. The summed E-state index contributed by atoms with van der Waals surface area (Å²) in [6.07, 6.45) is 0. The van der Waals surface area contributed by atoms with E-state index in [1.807, 2.05) is 0 Å². The topological polar surface area (TPSA) is 89.3 Å². The van der Waals surface area contributed by atoms with E-state index in [0.717, 1.165) is 17.4 Å². The van der Waals surface area contributed by atoms with Crippen molar-refractivity contribution >= 4 is 44.3 Å². The van der Waals surface area contributed by atoms with Crippen LogP contribution >= 0.6 is 22.9 Å². The SMILES string of the molecule is O=[N+]([O-])c1ccccc1S(=O)(=O)Nc1ccsc1Cl. The molecule has 0 aliphatic heterocycles. The molecule has 0 radical (unpaired) electrons. The highest BCUT2D eigenvalue weighted by Gasteiger charge is 2.25. The van der Waals surface area contributed by atoms with Gasteiger partial charge in [-0.3, -0.25) is 14.8 Å². The number of nitrogens with zero attached hydrogens (tertiary/aromatic N) is 1. The number of nitrogens with one attached hydrogen (secondary N) is 1. The first-order valence-corrected chi connectivity index (χ1v) is 7.65. The van der Waals surface area contributed by atoms with Gasteiger partial charge in [0.1, 0.15) is 4.34 Å². The first-order valence-electron chi connectivity index (χ1n) is 4.91. The molecule has 19 heavy (non-hydrogen) atoms. The van der Waals surface area contributed by atoms with Crippen LogP contribution in [0.25, 0.3) is 0 Å². The van der Waals surface area contributed by atoms with E-state index < -0.39 is 25.5 Å². The van der Waals surface area contributed by atoms with Crippen molar-refractivity contribution < 1.29 is 13.3 Å². The number of nitro benzene ring substituents is 1. The number of hydrogen-bond donors (Lipinski definition) is 1. The van der Waals surface area contributed by atoms with Gasteiger partial charge in [-0.25, -0.2) is 8.42 Å². The average molecular weight is 319 g/mol. The molecule has 0 aliphatic rings. The Morgan fingerprint density at radius 2 is 1.95 bits per heavy atom. The van der Waals surface area contributed by atoms with Crippen LogP contribution in [0.5, 0.6) is 0 Å². The fourth-order valence-electron chi connectivity index (χ4n) is 1.40. The maximum atomic E-state index is 12.1. The van der Waals surface area contributed by atoms with Crippen LogP contribution in [0.1, 0.15) is 0 Å². The van der Waals surface area contributed by atoms with Crippen molar-refractivity contribution in [2.45, 2.75) is 4.90 Å². The number of para-hydroxylation sites is 1. The van der Waals surface area contributed by atoms with Crippen LogP contribution in [0.15, 0.2) is 40.6 Å². The molecule has 0 aliphatic carbocycles. The molecule has 2 rings (SSSR count). The van der Waals surface area contributed by atoms with Gasteiger partial charge in [-0.2, -0.15) is 0 Å². The molecule has 2 aromatic rings. The van der Waals surface area contributed by atoms with Crippen molar-refractivity contribution in [3.63, 3.8) is 0 Å². The second-order valence-electron chi connectivity index (χ2n) is 3.44. The maximum absolute atomic E-state index is 12.1. The minimum absolute atomic E-state index is 0.199. The third-order valence-electron chi connectivity index (χ3n) is 2.21. The Hall–Kier alpha value is -1.64. The number of sulfonamides is 1. The first-order chi connectivity index (χ1) is 8.92. The van der Waals surface area contributed by atoms with E-state index in [1.165, 1.54) is 24.3 Å². The molecule has 1 N–H and O–H groups in total. The highest BCUT2D eigenvalue weighted by molar-refractivity contribution is 7.92. The Labute approximate surface area is 117 Å². The number of anilines is 1. The molecule has 0 fully saturated rings. The summed E-state index contributed by atoms with van der Waals surface area (Å²) in [6.45, 7) is 0. The van der Waals surface area contributed by atoms with Crippen molar-refractivity contribution in [2.24, 2.45) is 0 Å². The number of benzene rings is 1. The summed E-state index contributed by atoms with van der Waals surface area (Å²) < 4.78 is 26.7. The predicted molar refractivity (Wildman–Crippen MR) is 73.2 cm³/mol. The minimum Gasteiger partial charge on any atom is -0.277 e. The quantitative estimate of drug-likeness (QED) is 0.692. The molecule has 0 saturated heterocycles. The standard InChI is InChI=1S/C10H7ClN2O4S2/c11-10-7(5-6-18-10)12-19(16,17)9-4-2-1-3-8(9)13(14)15/h1-6,12H. The van der Waals surface area contributed by atoms with Crippen LogP contribution in [-0.4, -0.2) is 13.3 Å². The van der Waals surface area contributed by atoms with Gasteiger partial charge in [0.15, 0.2) is 4.90 Å². The molecule has 6 nitrogen and oxygen atoms in total. The third-order valence-corrected chi connectivity index (χ3v) is 4.80. The van der Waals surface area contributed by atoms with Gasteiger partial charge in [-0.15, -0.1) is 11.3 Å². The van der Waals surface area contributed by atoms with Crippen LogP contribution in [0.3, 0.4) is 0 Å². The largest absolute Gasteiger partial charge is 0.289 e. The second-order valence-corrected chi connectivity index (χ2v) is 6.61. The average Bonchev–Trinajstić information content (AvgIpc) is 2.74. The number of nitro groups is 1. The summed E-state index contributed by atoms with van der Waals surface area (Å²) in [4.78, 5) is 9.68. The Bertz CT molecular complexity index is 727. The zero-order valence-electron chi connectivity index (χ0n) is 9.24. The lowest BCUT2D eigenvalue weighted by Gasteiger charge is -2.07. The van der Waals surface area contributed by atoms with Gasteiger partial charge in [0, 0.05) is 6.07 Å². The Morgan fingerprint density at radius 3 is 2.53 bits per heavy atom. The van der Waals surface area contributed by atoms with Gasteiger partial charge in [0.25, 0.3) is 15.7 Å². The predicted octanol–water partition coefficient (Wildman–Crippen LogP) is 3.11. The molecule has 9 heteroatoms. The number of thiophene rings is 1. The normalized spacial score (nSPS) is 11.2. The molecule has 0 saturated carbocycles. The van der Waals surface area contributed by atoms with Crippen LogP contribution < -0.4 is 4.72 Å². The number of halogens is 1. The molecule has 0 atom stereocenters. The lowest BCUT2D eigenvalue weighted by Crippen LogP contribution is -2.14. The molecule has 0 amide bonds. The molecule has 0 spiro atoms. The summed E-state index contributed by atoms with van der Waals surface area (Å²) in [5.41, 5.74) is -0.286. The number of hydrogen-bond acceptors (Lipinski definition) is 5. The van der Waals surface area contributed by atoms with E-state index in [2.05, 4.69) is 4.72 Å². The lowest BCUT2D eigenvalue weighted by atomic mass is 10.3. The zero-order valence-corrected chi connectivity index (χ0v) is 11.6. The molecule has 1 heterocycles. The van der Waals surface area contributed by atoms with E-state index in [0.29, 0.717) is 0 Å². The van der Waals surface area contributed by atoms with Crippen LogP contribution in [0.4, 0.5) is 11.4 Å². The van der Waals surface area contributed by atoms with E-state index in [-0.39, 0.29) is 10.0 Å². The summed E-state index contributed by atoms with van der Waals surface area (Å²) in [5, 5.41) is 12.4. The van der Waals surface area contributed by atoms with Crippen molar-refractivity contribution in [1.82, 2.24) is 0 Å². The smallest absolute Gasteiger partial charge is 0.277 e. The second kappa shape index (κ2) is 5.16. The van der Waals surface area contributed by atoms with Gasteiger partial charge in [-0.05, 0) is 17.5 Å². The van der Waals surface area contributed by atoms with Crippen molar-refractivity contribution in [3.8, 4) is 0 Å². The van der Waals surface area contributed by atoms with Gasteiger partial charge in [-0.1, -0.05) is 23.7 Å². The molecular formula is C10H7ClN2O4S2. The van der Waals surface area contributed by atoms with Gasteiger partial charge < -0.3 is 0 Å². The molecule has 0 unspecified atom stereocenters. The number of rotatable bonds is 4. The zero-order chi connectivity index (χ0) is 14.0. The molecular weight excluding hydrogens is 312 g/mol. The van der Waals surface area contributed by atoms with Gasteiger partial charge >= 0.3 is 0 Å². The summed E-state index contributed by atoms with van der Waals surface area (Å²) in [6, 6.07) is 6.59. The molecule has 0 bridgehead atoms.